The second-order valence-electron chi connectivity index (χ2n) is 16.9. The maximum absolute atomic E-state index is 17.4. The molecule has 1 aromatic carbocycles. The van der Waals surface area contributed by atoms with E-state index in [0.717, 1.165) is 70.9 Å². The number of H-pyrrole nitrogens is 1. The minimum Gasteiger partial charge on any atom is -0.480 e. The lowest BCUT2D eigenvalue weighted by molar-refractivity contribution is -0.175. The zero-order valence-electron chi connectivity index (χ0n) is 31.9. The number of aromatic nitrogens is 5. The van der Waals surface area contributed by atoms with Gasteiger partial charge in [-0.05, 0) is 89.8 Å². The molecule has 5 fully saturated rings. The van der Waals surface area contributed by atoms with Crippen molar-refractivity contribution in [2.45, 2.75) is 107 Å². The molecule has 2 saturated carbocycles. The van der Waals surface area contributed by atoms with Crippen LogP contribution in [0.15, 0.2) is 12.3 Å². The summed E-state index contributed by atoms with van der Waals surface area (Å²) < 4.78 is 41.9. The van der Waals surface area contributed by atoms with E-state index in [-0.39, 0.29) is 71.6 Å². The molecule has 9 rings (SSSR count). The Morgan fingerprint density at radius 1 is 1.11 bits per heavy atom. The number of β-amino-alcohol motifs (C(OH)–C–C–N with tert-alkyl or cyclic N) is 1. The first-order chi connectivity index (χ1) is 26.5. The normalized spacial score (nSPS) is 31.5. The van der Waals surface area contributed by atoms with Gasteiger partial charge in [0, 0.05) is 40.0 Å². The smallest absolute Gasteiger partial charge is 0.319 e. The molecular formula is C40H51ClFN7O6. The zero-order chi connectivity index (χ0) is 38.1. The van der Waals surface area contributed by atoms with Crippen molar-refractivity contribution in [2.75, 3.05) is 58.1 Å². The van der Waals surface area contributed by atoms with E-state index >= 15 is 4.39 Å². The van der Waals surface area contributed by atoms with Crippen LogP contribution in [0.1, 0.15) is 76.7 Å². The summed E-state index contributed by atoms with van der Waals surface area (Å²) in [4.78, 5) is 19.1. The standard InChI is InChI=1S/C40H51ClFN7O6/c1-23-27(41)16-28-26(17-43-47-28)30(23)33-32(42)34-31(36(44-33)52-3)35(48-18-25(19-50)53-21-38(2,51)20-48)46-37(45-34)54-22-39-9-4-6-29(39)49(14-5-10-39)24-7-11-40(12-8-24)13-15-55-40/h16-17,24-25,29,50-51H,4-15,18-22H2,1-3H3,(H,43,47). The second kappa shape index (κ2) is 14.2. The SMILES string of the molecule is COc1nc(-c2c(C)c(Cl)cc3[nH]ncc23)c(F)c2nc(OCC34CCCC3N(C3CCC5(CCO5)CC3)CCC4)nc(N3CC(CO)OCC(C)(O)C3)c12. The van der Waals surface area contributed by atoms with E-state index in [4.69, 9.17) is 45.5 Å². The van der Waals surface area contributed by atoms with Crippen molar-refractivity contribution in [3.8, 4) is 23.1 Å². The number of piperidine rings is 1. The van der Waals surface area contributed by atoms with Gasteiger partial charge in [-0.25, -0.2) is 9.37 Å². The maximum Gasteiger partial charge on any atom is 0.319 e. The Kier molecular flexibility index (Phi) is 9.61. The predicted molar refractivity (Wildman–Crippen MR) is 205 cm³/mol. The van der Waals surface area contributed by atoms with Crippen LogP contribution in [0.3, 0.4) is 0 Å². The van der Waals surface area contributed by atoms with Crippen LogP contribution in [0.2, 0.25) is 5.02 Å². The molecule has 4 aromatic rings. The first kappa shape index (κ1) is 37.2. The van der Waals surface area contributed by atoms with E-state index in [2.05, 4.69) is 15.1 Å². The topological polar surface area (TPSA) is 151 Å². The van der Waals surface area contributed by atoms with Gasteiger partial charge >= 0.3 is 6.01 Å². The second-order valence-corrected chi connectivity index (χ2v) is 17.3. The van der Waals surface area contributed by atoms with Crippen molar-refractivity contribution in [3.63, 3.8) is 0 Å². The van der Waals surface area contributed by atoms with Crippen LogP contribution in [0.4, 0.5) is 10.2 Å². The fourth-order valence-electron chi connectivity index (χ4n) is 10.4. The summed E-state index contributed by atoms with van der Waals surface area (Å²) in [6.45, 7) is 5.83. The molecule has 55 heavy (non-hydrogen) atoms. The Bertz CT molecular complexity index is 2090. The number of nitrogens with one attached hydrogen (secondary N) is 1. The van der Waals surface area contributed by atoms with Crippen LogP contribution in [0, 0.1) is 18.2 Å². The molecule has 15 heteroatoms. The van der Waals surface area contributed by atoms with Crippen LogP contribution in [0.25, 0.3) is 33.1 Å². The first-order valence-corrected chi connectivity index (χ1v) is 20.2. The van der Waals surface area contributed by atoms with Crippen LogP contribution >= 0.6 is 11.6 Å². The van der Waals surface area contributed by atoms with Gasteiger partial charge in [0.1, 0.15) is 28.0 Å². The van der Waals surface area contributed by atoms with Crippen molar-refractivity contribution in [1.29, 1.82) is 0 Å². The van der Waals surface area contributed by atoms with Crippen molar-refractivity contribution < 1.29 is 33.6 Å². The maximum atomic E-state index is 17.4. The number of aliphatic hydroxyl groups excluding tert-OH is 1. The lowest BCUT2D eigenvalue weighted by Crippen LogP contribution is -2.58. The number of methoxy groups -OCH3 is 1. The van der Waals surface area contributed by atoms with Gasteiger partial charge in [-0.3, -0.25) is 10.00 Å². The Morgan fingerprint density at radius 3 is 2.65 bits per heavy atom. The van der Waals surface area contributed by atoms with Gasteiger partial charge in [-0.15, -0.1) is 0 Å². The van der Waals surface area contributed by atoms with Crippen molar-refractivity contribution in [2.24, 2.45) is 5.41 Å². The summed E-state index contributed by atoms with van der Waals surface area (Å²) in [7, 11) is 1.47. The molecular weight excluding hydrogens is 729 g/mol. The van der Waals surface area contributed by atoms with E-state index in [1.807, 2.05) is 6.92 Å². The number of hydrogen-bond acceptors (Lipinski definition) is 12. The van der Waals surface area contributed by atoms with Crippen LogP contribution in [-0.4, -0.2) is 123 Å². The molecule has 296 valence electrons. The highest BCUT2D eigenvalue weighted by atomic mass is 35.5. The minimum absolute atomic E-state index is 0.000846. The number of aromatic amines is 1. The Labute approximate surface area is 324 Å². The average molecular weight is 780 g/mol. The number of nitrogens with zero attached hydrogens (tertiary/aromatic N) is 6. The zero-order valence-corrected chi connectivity index (χ0v) is 32.6. The number of hydrogen-bond donors (Lipinski definition) is 3. The summed E-state index contributed by atoms with van der Waals surface area (Å²) in [5.74, 6) is -0.330. The Balaban J connectivity index is 1.13. The largest absolute Gasteiger partial charge is 0.480 e. The van der Waals surface area contributed by atoms with Gasteiger partial charge in [0.2, 0.25) is 5.88 Å². The number of pyridine rings is 1. The first-order valence-electron chi connectivity index (χ1n) is 19.8. The predicted octanol–water partition coefficient (Wildman–Crippen LogP) is 5.74. The van der Waals surface area contributed by atoms with Gasteiger partial charge < -0.3 is 34.1 Å². The highest BCUT2D eigenvalue weighted by molar-refractivity contribution is 6.33. The molecule has 3 aliphatic heterocycles. The van der Waals surface area contributed by atoms with E-state index in [0.29, 0.717) is 45.7 Å². The van der Waals surface area contributed by atoms with Gasteiger partial charge in [0.25, 0.3) is 0 Å². The Hall–Kier alpha value is -3.40. The van der Waals surface area contributed by atoms with E-state index in [9.17, 15) is 10.2 Å². The highest BCUT2D eigenvalue weighted by Gasteiger charge is 2.52. The number of halogens is 2. The number of ether oxygens (including phenoxy) is 4. The molecule has 3 N–H and O–H groups in total. The number of aliphatic hydroxyl groups is 2. The molecule has 2 aliphatic carbocycles. The average Bonchev–Trinajstić information content (AvgIpc) is 3.79. The number of rotatable bonds is 8. The number of benzene rings is 1. The van der Waals surface area contributed by atoms with Crippen LogP contribution in [0.5, 0.6) is 11.9 Å². The van der Waals surface area contributed by atoms with Gasteiger partial charge in [-0.1, -0.05) is 18.0 Å². The summed E-state index contributed by atoms with van der Waals surface area (Å²) >= 11 is 6.66. The third-order valence-corrected chi connectivity index (χ3v) is 13.7. The fourth-order valence-corrected chi connectivity index (χ4v) is 10.6. The molecule has 6 heterocycles. The monoisotopic (exact) mass is 779 g/mol. The third-order valence-electron chi connectivity index (χ3n) is 13.3. The van der Waals surface area contributed by atoms with Gasteiger partial charge in [-0.2, -0.15) is 15.1 Å². The molecule has 4 atom stereocenters. The lowest BCUT2D eigenvalue weighted by atomic mass is 9.72. The Morgan fingerprint density at radius 2 is 1.91 bits per heavy atom. The molecule has 0 bridgehead atoms. The quantitative estimate of drug-likeness (QED) is 0.200. The fraction of sp³-hybridized carbons (Fsp3) is 0.650. The molecule has 0 amide bonds. The van der Waals surface area contributed by atoms with Crippen molar-refractivity contribution in [3.05, 3.63) is 28.7 Å². The molecule has 3 saturated heterocycles. The molecule has 5 aliphatic rings. The molecule has 1 spiro atoms. The highest BCUT2D eigenvalue weighted by Crippen LogP contribution is 2.51. The van der Waals surface area contributed by atoms with E-state index in [1.165, 1.54) is 13.5 Å². The summed E-state index contributed by atoms with van der Waals surface area (Å²) in [6, 6.07) is 2.72. The molecule has 3 aromatic heterocycles. The third kappa shape index (κ3) is 6.50. The number of likely N-dealkylation sites (tertiary alicyclic amines) is 1. The summed E-state index contributed by atoms with van der Waals surface area (Å²) in [5, 5.41) is 29.9. The van der Waals surface area contributed by atoms with Gasteiger partial charge in [0.15, 0.2) is 5.82 Å². The van der Waals surface area contributed by atoms with Crippen molar-refractivity contribution >= 4 is 39.2 Å². The summed E-state index contributed by atoms with van der Waals surface area (Å²) in [5.41, 5.74) is 0.436. The molecule has 0 radical (unpaired) electrons. The molecule has 4 unspecified atom stereocenters. The number of anilines is 1. The minimum atomic E-state index is -1.31. The van der Waals surface area contributed by atoms with E-state index < -0.39 is 17.5 Å². The van der Waals surface area contributed by atoms with Crippen LogP contribution in [-0.2, 0) is 9.47 Å². The molecule has 13 nitrogen and oxygen atoms in total. The van der Waals surface area contributed by atoms with Gasteiger partial charge in [0.05, 0.1) is 63.5 Å². The lowest BCUT2D eigenvalue weighted by Gasteiger charge is -2.53. The van der Waals surface area contributed by atoms with E-state index in [1.54, 1.807) is 24.1 Å². The summed E-state index contributed by atoms with van der Waals surface area (Å²) in [6.07, 6.45) is 12.2. The number of fused-ring (bicyclic) bond motifs is 3. The van der Waals surface area contributed by atoms with Crippen LogP contribution < -0.4 is 14.4 Å². The van der Waals surface area contributed by atoms with Crippen molar-refractivity contribution in [1.82, 2.24) is 30.0 Å².